The van der Waals surface area contributed by atoms with Gasteiger partial charge in [0.1, 0.15) is 0 Å². The summed E-state index contributed by atoms with van der Waals surface area (Å²) < 4.78 is 1.09. The SMILES string of the molecule is CC[C@@H](CC#N)NCc1cccc(Br)c1. The Hall–Kier alpha value is -0.850. The van der Waals surface area contributed by atoms with Gasteiger partial charge in [0, 0.05) is 17.1 Å². The largest absolute Gasteiger partial charge is 0.309 e. The summed E-state index contributed by atoms with van der Waals surface area (Å²) in [7, 11) is 0. The van der Waals surface area contributed by atoms with Crippen LogP contribution in [-0.4, -0.2) is 6.04 Å². The number of nitriles is 1. The summed E-state index contributed by atoms with van der Waals surface area (Å²) in [6.45, 7) is 2.91. The van der Waals surface area contributed by atoms with Crippen LogP contribution >= 0.6 is 15.9 Å². The minimum atomic E-state index is 0.300. The molecular weight excluding hydrogens is 252 g/mol. The molecule has 2 nitrogen and oxygen atoms in total. The molecule has 0 saturated heterocycles. The van der Waals surface area contributed by atoms with Crippen LogP contribution < -0.4 is 5.32 Å². The lowest BCUT2D eigenvalue weighted by Gasteiger charge is -2.13. The lowest BCUT2D eigenvalue weighted by Crippen LogP contribution is -2.27. The van der Waals surface area contributed by atoms with E-state index in [4.69, 9.17) is 5.26 Å². The van der Waals surface area contributed by atoms with Crippen LogP contribution in [0.1, 0.15) is 25.3 Å². The maximum absolute atomic E-state index is 8.61. The summed E-state index contributed by atoms with van der Waals surface area (Å²) in [6, 6.07) is 10.7. The molecule has 1 aromatic carbocycles. The van der Waals surface area contributed by atoms with Crippen LogP contribution in [0.4, 0.5) is 0 Å². The third kappa shape index (κ3) is 4.46. The molecule has 0 aliphatic rings. The monoisotopic (exact) mass is 266 g/mol. The molecule has 0 bridgehead atoms. The van der Waals surface area contributed by atoms with Crippen molar-refractivity contribution in [1.82, 2.24) is 5.32 Å². The summed E-state index contributed by atoms with van der Waals surface area (Å²) >= 11 is 3.44. The highest BCUT2D eigenvalue weighted by Gasteiger charge is 2.04. The molecule has 1 rings (SSSR count). The van der Waals surface area contributed by atoms with Crippen LogP contribution in [0.15, 0.2) is 28.7 Å². The normalized spacial score (nSPS) is 12.1. The fourth-order valence-electron chi connectivity index (χ4n) is 1.38. The molecule has 0 aromatic heterocycles. The highest BCUT2D eigenvalue weighted by atomic mass is 79.9. The van der Waals surface area contributed by atoms with Gasteiger partial charge in [-0.25, -0.2) is 0 Å². The molecule has 0 saturated carbocycles. The second-order valence-electron chi connectivity index (χ2n) is 3.48. The highest BCUT2D eigenvalue weighted by molar-refractivity contribution is 9.10. The van der Waals surface area contributed by atoms with Gasteiger partial charge in [0.2, 0.25) is 0 Å². The maximum Gasteiger partial charge on any atom is 0.0638 e. The zero-order chi connectivity index (χ0) is 11.1. The molecule has 1 atom stereocenters. The molecule has 15 heavy (non-hydrogen) atoms. The summed E-state index contributed by atoms with van der Waals surface area (Å²) in [5.74, 6) is 0. The second-order valence-corrected chi connectivity index (χ2v) is 4.39. The number of hydrogen-bond donors (Lipinski definition) is 1. The first-order valence-corrected chi connectivity index (χ1v) is 5.90. The van der Waals surface area contributed by atoms with Gasteiger partial charge in [-0.15, -0.1) is 0 Å². The Kier molecular flexibility index (Phi) is 5.38. The van der Waals surface area contributed by atoms with Crippen LogP contribution in [0, 0.1) is 11.3 Å². The second kappa shape index (κ2) is 6.60. The fraction of sp³-hybridized carbons (Fsp3) is 0.417. The standard InChI is InChI=1S/C12H15BrN2/c1-2-12(6-7-14)15-9-10-4-3-5-11(13)8-10/h3-5,8,12,15H,2,6,9H2,1H3/t12-/m0/s1. The summed E-state index contributed by atoms with van der Waals surface area (Å²) in [6.07, 6.45) is 1.56. The Morgan fingerprint density at radius 3 is 2.93 bits per heavy atom. The van der Waals surface area contributed by atoms with E-state index in [1.165, 1.54) is 5.56 Å². The third-order valence-corrected chi connectivity index (χ3v) is 2.81. The highest BCUT2D eigenvalue weighted by Crippen LogP contribution is 2.11. The Labute approximate surface area is 99.4 Å². The Balaban J connectivity index is 2.46. The minimum absolute atomic E-state index is 0.300. The number of nitrogens with zero attached hydrogens (tertiary/aromatic N) is 1. The first-order valence-electron chi connectivity index (χ1n) is 5.11. The maximum atomic E-state index is 8.61. The van der Waals surface area contributed by atoms with E-state index in [1.807, 2.05) is 12.1 Å². The van der Waals surface area contributed by atoms with Crippen molar-refractivity contribution in [2.75, 3.05) is 0 Å². The van der Waals surface area contributed by atoms with Crippen molar-refractivity contribution in [2.45, 2.75) is 32.4 Å². The predicted molar refractivity (Wildman–Crippen MR) is 65.3 cm³/mol. The topological polar surface area (TPSA) is 35.8 Å². The van der Waals surface area contributed by atoms with E-state index in [1.54, 1.807) is 0 Å². The van der Waals surface area contributed by atoms with Crippen molar-refractivity contribution in [2.24, 2.45) is 0 Å². The molecule has 1 N–H and O–H groups in total. The number of hydrogen-bond acceptors (Lipinski definition) is 2. The van der Waals surface area contributed by atoms with Gasteiger partial charge in [0.25, 0.3) is 0 Å². The van der Waals surface area contributed by atoms with Crippen LogP contribution in [-0.2, 0) is 6.54 Å². The number of halogens is 1. The molecule has 1 aromatic rings. The average molecular weight is 267 g/mol. The lowest BCUT2D eigenvalue weighted by molar-refractivity contribution is 0.505. The van der Waals surface area contributed by atoms with Crippen LogP contribution in [0.2, 0.25) is 0 Å². The molecular formula is C12H15BrN2. The Morgan fingerprint density at radius 1 is 1.53 bits per heavy atom. The average Bonchev–Trinajstić information content (AvgIpc) is 2.24. The molecule has 0 aliphatic carbocycles. The molecule has 3 heteroatoms. The molecule has 0 fully saturated rings. The summed E-state index contributed by atoms with van der Waals surface area (Å²) in [5.41, 5.74) is 1.24. The molecule has 0 spiro atoms. The van der Waals surface area contributed by atoms with Crippen LogP contribution in [0.3, 0.4) is 0 Å². The van der Waals surface area contributed by atoms with Gasteiger partial charge in [-0.05, 0) is 24.1 Å². The first kappa shape index (κ1) is 12.2. The third-order valence-electron chi connectivity index (χ3n) is 2.31. The molecule has 80 valence electrons. The zero-order valence-corrected chi connectivity index (χ0v) is 10.4. The van der Waals surface area contributed by atoms with E-state index in [0.717, 1.165) is 17.4 Å². The quantitative estimate of drug-likeness (QED) is 0.889. The molecule has 0 radical (unpaired) electrons. The summed E-state index contributed by atoms with van der Waals surface area (Å²) in [4.78, 5) is 0. The Morgan fingerprint density at radius 2 is 2.33 bits per heavy atom. The number of benzene rings is 1. The molecule has 0 heterocycles. The molecule has 0 amide bonds. The van der Waals surface area contributed by atoms with Gasteiger partial charge in [-0.1, -0.05) is 35.0 Å². The fourth-order valence-corrected chi connectivity index (χ4v) is 1.83. The Bertz CT molecular complexity index is 344. The van der Waals surface area contributed by atoms with Crippen molar-refractivity contribution in [1.29, 1.82) is 5.26 Å². The molecule has 0 aliphatic heterocycles. The van der Waals surface area contributed by atoms with Gasteiger partial charge in [0.05, 0.1) is 12.5 Å². The van der Waals surface area contributed by atoms with Crippen LogP contribution in [0.5, 0.6) is 0 Å². The van der Waals surface area contributed by atoms with Gasteiger partial charge >= 0.3 is 0 Å². The number of nitrogens with one attached hydrogen (secondary N) is 1. The van der Waals surface area contributed by atoms with E-state index in [0.29, 0.717) is 12.5 Å². The summed E-state index contributed by atoms with van der Waals surface area (Å²) in [5, 5.41) is 12.0. The van der Waals surface area contributed by atoms with Crippen molar-refractivity contribution in [3.8, 4) is 6.07 Å². The van der Waals surface area contributed by atoms with E-state index >= 15 is 0 Å². The lowest BCUT2D eigenvalue weighted by atomic mass is 10.1. The zero-order valence-electron chi connectivity index (χ0n) is 8.83. The number of rotatable bonds is 5. The molecule has 0 unspecified atom stereocenters. The van der Waals surface area contributed by atoms with Gasteiger partial charge in [-0.2, -0.15) is 5.26 Å². The van der Waals surface area contributed by atoms with Crippen molar-refractivity contribution >= 4 is 15.9 Å². The smallest absolute Gasteiger partial charge is 0.0638 e. The van der Waals surface area contributed by atoms with E-state index in [-0.39, 0.29) is 0 Å². The van der Waals surface area contributed by atoms with E-state index in [9.17, 15) is 0 Å². The van der Waals surface area contributed by atoms with E-state index < -0.39 is 0 Å². The predicted octanol–water partition coefficient (Wildman–Crippen LogP) is 3.23. The van der Waals surface area contributed by atoms with Gasteiger partial charge in [0.15, 0.2) is 0 Å². The minimum Gasteiger partial charge on any atom is -0.309 e. The van der Waals surface area contributed by atoms with Crippen molar-refractivity contribution in [3.05, 3.63) is 34.3 Å². The van der Waals surface area contributed by atoms with Crippen LogP contribution in [0.25, 0.3) is 0 Å². The van der Waals surface area contributed by atoms with Gasteiger partial charge < -0.3 is 5.32 Å². The first-order chi connectivity index (χ1) is 7.26. The van der Waals surface area contributed by atoms with Gasteiger partial charge in [-0.3, -0.25) is 0 Å². The van der Waals surface area contributed by atoms with Crippen molar-refractivity contribution < 1.29 is 0 Å². The van der Waals surface area contributed by atoms with Crippen molar-refractivity contribution in [3.63, 3.8) is 0 Å². The van der Waals surface area contributed by atoms with E-state index in [2.05, 4.69) is 46.4 Å².